The molecule has 0 fully saturated rings. The summed E-state index contributed by atoms with van der Waals surface area (Å²) in [5.41, 5.74) is 3.93. The van der Waals surface area contributed by atoms with Crippen LogP contribution in [-0.4, -0.2) is 28.1 Å². The minimum absolute atomic E-state index is 0.0848. The zero-order valence-electron chi connectivity index (χ0n) is 16.2. The van der Waals surface area contributed by atoms with E-state index in [1.165, 1.54) is 12.5 Å². The second kappa shape index (κ2) is 7.71. The van der Waals surface area contributed by atoms with Gasteiger partial charge in [-0.2, -0.15) is 0 Å². The number of anilines is 4. The fourth-order valence-electron chi connectivity index (χ4n) is 3.50. The fourth-order valence-corrected chi connectivity index (χ4v) is 3.50. The van der Waals surface area contributed by atoms with Crippen molar-refractivity contribution in [2.45, 2.75) is 26.3 Å². The largest absolute Gasteiger partial charge is 0.339 e. The Kier molecular flexibility index (Phi) is 4.95. The summed E-state index contributed by atoms with van der Waals surface area (Å²) < 4.78 is 0. The molecule has 1 unspecified atom stereocenters. The Morgan fingerprint density at radius 3 is 2.38 bits per heavy atom. The Balaban J connectivity index is 1.47. The van der Waals surface area contributed by atoms with Gasteiger partial charge in [0.25, 0.3) is 5.91 Å². The highest BCUT2D eigenvalue weighted by molar-refractivity contribution is 6.06. The van der Waals surface area contributed by atoms with E-state index in [4.69, 9.17) is 0 Å². The molecule has 0 aliphatic carbocycles. The van der Waals surface area contributed by atoms with Gasteiger partial charge < -0.3 is 15.5 Å². The van der Waals surface area contributed by atoms with E-state index in [1.807, 2.05) is 37.3 Å². The van der Waals surface area contributed by atoms with E-state index in [2.05, 4.69) is 26.9 Å². The summed E-state index contributed by atoms with van der Waals surface area (Å²) >= 11 is 0. The molecule has 1 aliphatic heterocycles. The van der Waals surface area contributed by atoms with Crippen molar-refractivity contribution < 1.29 is 9.59 Å². The van der Waals surface area contributed by atoms with Gasteiger partial charge >= 0.3 is 0 Å². The fraction of sp³-hybridized carbons (Fsp3) is 0.182. The molecule has 1 aliphatic rings. The lowest BCUT2D eigenvalue weighted by Gasteiger charge is -2.22. The molecule has 2 aromatic carbocycles. The average Bonchev–Trinajstić information content (AvgIpc) is 3.05. The van der Waals surface area contributed by atoms with Gasteiger partial charge in [-0.25, -0.2) is 0 Å². The molecule has 4 rings (SSSR count). The predicted octanol–water partition coefficient (Wildman–Crippen LogP) is 3.77. The molecule has 0 bridgehead atoms. The topological polar surface area (TPSA) is 87.2 Å². The molecule has 7 heteroatoms. The van der Waals surface area contributed by atoms with Crippen LogP contribution < -0.4 is 15.5 Å². The van der Waals surface area contributed by atoms with Gasteiger partial charge in [0.1, 0.15) is 0 Å². The number of carbonyl (C=O) groups excluding carboxylic acids is 2. The smallest absolute Gasteiger partial charge is 0.279 e. The molecule has 29 heavy (non-hydrogen) atoms. The maximum Gasteiger partial charge on any atom is 0.279 e. The van der Waals surface area contributed by atoms with E-state index in [0.717, 1.165) is 23.5 Å². The summed E-state index contributed by atoms with van der Waals surface area (Å²) in [6.45, 7) is 3.50. The number of hydrogen-bond donors (Lipinski definition) is 2. The van der Waals surface area contributed by atoms with E-state index >= 15 is 0 Å². The molecule has 2 amide bonds. The van der Waals surface area contributed by atoms with Crippen LogP contribution in [0.5, 0.6) is 0 Å². The Morgan fingerprint density at radius 2 is 1.69 bits per heavy atom. The lowest BCUT2D eigenvalue weighted by molar-refractivity contribution is -0.114. The summed E-state index contributed by atoms with van der Waals surface area (Å²) in [6, 6.07) is 18.7. The van der Waals surface area contributed by atoms with Crippen LogP contribution in [0.3, 0.4) is 0 Å². The Bertz CT molecular complexity index is 1050. The molecular weight excluding hydrogens is 366 g/mol. The predicted molar refractivity (Wildman–Crippen MR) is 112 cm³/mol. The van der Waals surface area contributed by atoms with Crippen LogP contribution >= 0.6 is 0 Å². The van der Waals surface area contributed by atoms with Crippen molar-refractivity contribution in [2.24, 2.45) is 0 Å². The summed E-state index contributed by atoms with van der Waals surface area (Å²) in [5, 5.41) is 14.1. The number of aromatic nitrogens is 2. The molecular formula is C22H21N5O2. The number of nitrogens with zero attached hydrogens (tertiary/aromatic N) is 3. The van der Waals surface area contributed by atoms with Crippen molar-refractivity contribution in [1.82, 2.24) is 10.2 Å². The summed E-state index contributed by atoms with van der Waals surface area (Å²) in [7, 11) is 0. The second-order valence-electron chi connectivity index (χ2n) is 7.04. The van der Waals surface area contributed by atoms with Gasteiger partial charge in [-0.1, -0.05) is 18.2 Å². The van der Waals surface area contributed by atoms with Crippen molar-refractivity contribution in [2.75, 3.05) is 15.5 Å². The highest BCUT2D eigenvalue weighted by Gasteiger charge is 2.31. The number of amides is 2. The zero-order chi connectivity index (χ0) is 20.4. The summed E-state index contributed by atoms with van der Waals surface area (Å²) in [4.78, 5) is 25.9. The van der Waals surface area contributed by atoms with Crippen LogP contribution in [0.1, 0.15) is 29.9 Å². The molecule has 0 saturated carbocycles. The minimum atomic E-state index is -0.152. The van der Waals surface area contributed by atoms with Gasteiger partial charge in [0.2, 0.25) is 5.91 Å². The molecule has 146 valence electrons. The highest BCUT2D eigenvalue weighted by Crippen LogP contribution is 2.32. The maximum atomic E-state index is 13.0. The number of nitrogens with one attached hydrogen (secondary N) is 2. The van der Waals surface area contributed by atoms with Gasteiger partial charge in [0, 0.05) is 30.0 Å². The molecule has 1 atom stereocenters. The van der Waals surface area contributed by atoms with Crippen LogP contribution in [0.4, 0.5) is 22.9 Å². The van der Waals surface area contributed by atoms with Gasteiger partial charge in [-0.15, -0.1) is 10.2 Å². The SMILES string of the molecule is CC(=O)Nc1ccc(Nc2ccc(C(=O)N3c4ccccc4CC3C)nn2)cc1. The third-order valence-electron chi connectivity index (χ3n) is 4.79. The third-order valence-corrected chi connectivity index (χ3v) is 4.79. The average molecular weight is 387 g/mol. The van der Waals surface area contributed by atoms with Crippen LogP contribution in [0.25, 0.3) is 0 Å². The molecule has 1 aromatic heterocycles. The maximum absolute atomic E-state index is 13.0. The van der Waals surface area contributed by atoms with Crippen LogP contribution in [-0.2, 0) is 11.2 Å². The third kappa shape index (κ3) is 3.94. The normalized spacial score (nSPS) is 15.0. The van der Waals surface area contributed by atoms with E-state index in [-0.39, 0.29) is 17.9 Å². The van der Waals surface area contributed by atoms with Gasteiger partial charge in [-0.3, -0.25) is 9.59 Å². The van der Waals surface area contributed by atoms with Crippen LogP contribution in [0.15, 0.2) is 60.7 Å². The van der Waals surface area contributed by atoms with Gasteiger partial charge in [-0.05, 0) is 61.4 Å². The van der Waals surface area contributed by atoms with Crippen molar-refractivity contribution in [3.8, 4) is 0 Å². The highest BCUT2D eigenvalue weighted by atomic mass is 16.2. The van der Waals surface area contributed by atoms with Crippen molar-refractivity contribution in [1.29, 1.82) is 0 Å². The molecule has 7 nitrogen and oxygen atoms in total. The van der Waals surface area contributed by atoms with Crippen LogP contribution in [0, 0.1) is 0 Å². The minimum Gasteiger partial charge on any atom is -0.339 e. The standard InChI is InChI=1S/C22H21N5O2/c1-14-13-16-5-3-4-6-20(16)27(14)22(29)19-11-12-21(26-25-19)24-18-9-7-17(8-10-18)23-15(2)28/h3-12,14H,13H2,1-2H3,(H,23,28)(H,24,26). The first-order valence-corrected chi connectivity index (χ1v) is 9.41. The first-order valence-electron chi connectivity index (χ1n) is 9.41. The lowest BCUT2D eigenvalue weighted by Crippen LogP contribution is -2.36. The Labute approximate surface area is 168 Å². The van der Waals surface area contributed by atoms with E-state index in [0.29, 0.717) is 11.5 Å². The molecule has 3 aromatic rings. The molecule has 2 heterocycles. The van der Waals surface area contributed by atoms with E-state index < -0.39 is 0 Å². The number of fused-ring (bicyclic) bond motifs is 1. The number of para-hydroxylation sites is 1. The lowest BCUT2D eigenvalue weighted by atomic mass is 10.1. The quantitative estimate of drug-likeness (QED) is 0.712. The second-order valence-corrected chi connectivity index (χ2v) is 7.04. The van der Waals surface area contributed by atoms with Crippen molar-refractivity contribution in [3.05, 3.63) is 71.9 Å². The van der Waals surface area contributed by atoms with Crippen molar-refractivity contribution in [3.63, 3.8) is 0 Å². The summed E-state index contributed by atoms with van der Waals surface area (Å²) in [5.74, 6) is 0.261. The van der Waals surface area contributed by atoms with E-state index in [1.54, 1.807) is 29.2 Å². The summed E-state index contributed by atoms with van der Waals surface area (Å²) in [6.07, 6.45) is 0.837. The Morgan fingerprint density at radius 1 is 0.966 bits per heavy atom. The monoisotopic (exact) mass is 387 g/mol. The van der Waals surface area contributed by atoms with E-state index in [9.17, 15) is 9.59 Å². The first kappa shape index (κ1) is 18.6. The number of hydrogen-bond acceptors (Lipinski definition) is 5. The molecule has 0 saturated heterocycles. The number of rotatable bonds is 4. The van der Waals surface area contributed by atoms with Gasteiger partial charge in [0.05, 0.1) is 0 Å². The number of benzene rings is 2. The van der Waals surface area contributed by atoms with Crippen LogP contribution in [0.2, 0.25) is 0 Å². The zero-order valence-corrected chi connectivity index (χ0v) is 16.2. The Hall–Kier alpha value is -3.74. The van der Waals surface area contributed by atoms with Gasteiger partial charge in [0.15, 0.2) is 11.5 Å². The van der Waals surface area contributed by atoms with Crippen molar-refractivity contribution >= 4 is 34.7 Å². The first-order chi connectivity index (χ1) is 14.0. The molecule has 0 radical (unpaired) electrons. The number of carbonyl (C=O) groups is 2. The molecule has 0 spiro atoms. The molecule has 2 N–H and O–H groups in total.